The molecule has 3 fully saturated rings. The van der Waals surface area contributed by atoms with E-state index in [1.807, 2.05) is 0 Å². The van der Waals surface area contributed by atoms with Crippen molar-refractivity contribution in [3.63, 3.8) is 0 Å². The van der Waals surface area contributed by atoms with Gasteiger partial charge in [-0.25, -0.2) is 8.42 Å². The first-order valence-electron chi connectivity index (χ1n) is 13.4. The van der Waals surface area contributed by atoms with Crippen molar-refractivity contribution in [2.45, 2.75) is 105 Å². The van der Waals surface area contributed by atoms with Crippen molar-refractivity contribution in [3.8, 4) is 0 Å². The van der Waals surface area contributed by atoms with E-state index in [1.54, 1.807) is 0 Å². The minimum absolute atomic E-state index is 0. The first-order valence-corrected chi connectivity index (χ1v) is 14.7. The molecule has 0 aromatic rings. The smallest absolute Gasteiger partial charge is 0.726 e. The minimum Gasteiger partial charge on any atom is -0.726 e. The third kappa shape index (κ3) is 5.45. The Morgan fingerprint density at radius 2 is 1.85 bits per heavy atom. The number of rotatable bonds is 7. The van der Waals surface area contributed by atoms with Gasteiger partial charge in [0.05, 0.1) is 6.10 Å². The molecule has 4 nitrogen and oxygen atoms in total. The molecule has 188 valence electrons. The molecule has 34 heavy (non-hydrogen) atoms. The molecule has 0 spiro atoms. The zero-order valence-electron chi connectivity index (χ0n) is 22.4. The molecular weight excluding hydrogens is 455 g/mol. The molecule has 0 N–H and O–H groups in total. The molecule has 0 aliphatic heterocycles. The second-order valence-electron chi connectivity index (χ2n) is 12.7. The Bertz CT molecular complexity index is 896. The summed E-state index contributed by atoms with van der Waals surface area (Å²) in [6.45, 7) is 16.3. The van der Waals surface area contributed by atoms with E-state index in [0.717, 1.165) is 42.9 Å². The zero-order chi connectivity index (χ0) is 24.2. The predicted molar refractivity (Wildman–Crippen MR) is 132 cm³/mol. The second-order valence-corrected chi connectivity index (χ2v) is 13.7. The Morgan fingerprint density at radius 3 is 2.50 bits per heavy atom. The zero-order valence-corrected chi connectivity index (χ0v) is 25.3. The third-order valence-corrected chi connectivity index (χ3v) is 11.3. The van der Waals surface area contributed by atoms with E-state index in [4.69, 9.17) is 4.18 Å². The molecular formula is C28H45NaO4S. The van der Waals surface area contributed by atoms with Gasteiger partial charge < -0.3 is 4.55 Å². The van der Waals surface area contributed by atoms with E-state index in [-0.39, 0.29) is 35.0 Å². The summed E-state index contributed by atoms with van der Waals surface area (Å²) in [6.07, 6.45) is 13.0. The maximum atomic E-state index is 11.1. The van der Waals surface area contributed by atoms with Crippen molar-refractivity contribution in [1.82, 2.24) is 0 Å². The summed E-state index contributed by atoms with van der Waals surface area (Å²) in [7, 11) is -4.64. The topological polar surface area (TPSA) is 66.4 Å². The SMILES string of the molecule is C=C(CC[C@@H](C)[C@H]1CCC2C3CC=C4C[C@@H](OS(=O)(=O)[O-])CC[C@]4(C)C3CC[C@@]21C)C(C)C.[Na+]. The van der Waals surface area contributed by atoms with E-state index < -0.39 is 16.5 Å². The van der Waals surface area contributed by atoms with E-state index in [0.29, 0.717) is 30.1 Å². The third-order valence-electron chi connectivity index (χ3n) is 10.8. The molecule has 0 aromatic heterocycles. The Balaban J connectivity index is 0.00000324. The van der Waals surface area contributed by atoms with Crippen molar-refractivity contribution in [3.05, 3.63) is 23.8 Å². The number of fused-ring (bicyclic) bond motifs is 5. The summed E-state index contributed by atoms with van der Waals surface area (Å²) >= 11 is 0. The van der Waals surface area contributed by atoms with Gasteiger partial charge in [0.2, 0.25) is 10.4 Å². The standard InChI is InChI=1S/C28H46O4S.Na/c1-18(2)19(3)7-8-20(4)24-11-12-25-23-10-9-21-17-22(32-33(29,30)31)13-15-27(21,5)26(23)14-16-28(24,25)6;/h9,18,20,22-26H,3,7-8,10-17H2,1-2,4-6H3,(H,29,30,31);/q;+1/p-1/t20-,22+,23?,24-,25?,26?,27+,28-;/m1./s1. The van der Waals surface area contributed by atoms with Crippen molar-refractivity contribution in [2.24, 2.45) is 46.3 Å². The van der Waals surface area contributed by atoms with Crippen LogP contribution in [0.25, 0.3) is 0 Å². The van der Waals surface area contributed by atoms with Crippen LogP contribution in [0.1, 0.15) is 98.8 Å². The van der Waals surface area contributed by atoms with Crippen LogP contribution in [-0.2, 0) is 14.6 Å². The van der Waals surface area contributed by atoms with Crippen molar-refractivity contribution in [1.29, 1.82) is 0 Å². The quantitative estimate of drug-likeness (QED) is 0.229. The van der Waals surface area contributed by atoms with Crippen LogP contribution in [0.4, 0.5) is 0 Å². The van der Waals surface area contributed by atoms with Crippen molar-refractivity contribution >= 4 is 10.4 Å². The summed E-state index contributed by atoms with van der Waals surface area (Å²) in [4.78, 5) is 0. The van der Waals surface area contributed by atoms with Crippen LogP contribution in [-0.4, -0.2) is 19.1 Å². The normalized spacial score (nSPS) is 40.4. The van der Waals surface area contributed by atoms with Crippen LogP contribution in [0.3, 0.4) is 0 Å². The number of hydrogen-bond donors (Lipinski definition) is 0. The Hall–Kier alpha value is 0.350. The fourth-order valence-electron chi connectivity index (χ4n) is 8.75. The molecule has 8 atom stereocenters. The molecule has 0 amide bonds. The Labute approximate surface area is 231 Å². The summed E-state index contributed by atoms with van der Waals surface area (Å²) in [6, 6.07) is 0. The van der Waals surface area contributed by atoms with Gasteiger partial charge in [-0.3, -0.25) is 4.18 Å². The van der Waals surface area contributed by atoms with E-state index in [1.165, 1.54) is 43.3 Å². The average molecular weight is 501 g/mol. The molecule has 3 saturated carbocycles. The molecule has 4 aliphatic carbocycles. The first-order chi connectivity index (χ1) is 15.3. The molecule has 3 unspecified atom stereocenters. The van der Waals surface area contributed by atoms with Gasteiger partial charge in [0, 0.05) is 0 Å². The molecule has 6 heteroatoms. The Kier molecular flexibility index (Phi) is 9.02. The molecule has 0 radical (unpaired) electrons. The van der Waals surface area contributed by atoms with Crippen LogP contribution in [0.2, 0.25) is 0 Å². The van der Waals surface area contributed by atoms with E-state index in [2.05, 4.69) is 47.3 Å². The molecule has 4 aliphatic rings. The molecule has 0 aromatic carbocycles. The molecule has 4 rings (SSSR count). The largest absolute Gasteiger partial charge is 1.00 e. The first kappa shape index (κ1) is 28.9. The second kappa shape index (κ2) is 10.6. The van der Waals surface area contributed by atoms with Gasteiger partial charge in [0.15, 0.2) is 0 Å². The van der Waals surface area contributed by atoms with Gasteiger partial charge in [-0.2, -0.15) is 0 Å². The van der Waals surface area contributed by atoms with Gasteiger partial charge in [-0.05, 0) is 111 Å². The van der Waals surface area contributed by atoms with Crippen LogP contribution < -0.4 is 29.6 Å². The van der Waals surface area contributed by atoms with Crippen LogP contribution in [0.5, 0.6) is 0 Å². The molecule has 0 heterocycles. The van der Waals surface area contributed by atoms with Gasteiger partial charge >= 0.3 is 29.6 Å². The monoisotopic (exact) mass is 500 g/mol. The van der Waals surface area contributed by atoms with Crippen molar-refractivity contribution in [2.75, 3.05) is 0 Å². The Morgan fingerprint density at radius 1 is 1.15 bits per heavy atom. The summed E-state index contributed by atoms with van der Waals surface area (Å²) in [5.74, 6) is 4.35. The van der Waals surface area contributed by atoms with Gasteiger partial charge in [0.1, 0.15) is 0 Å². The summed E-state index contributed by atoms with van der Waals surface area (Å²) < 4.78 is 38.2. The van der Waals surface area contributed by atoms with E-state index in [9.17, 15) is 13.0 Å². The van der Waals surface area contributed by atoms with Crippen LogP contribution >= 0.6 is 0 Å². The summed E-state index contributed by atoms with van der Waals surface area (Å²) in [5, 5.41) is 0. The summed E-state index contributed by atoms with van der Waals surface area (Å²) in [5.41, 5.74) is 3.32. The van der Waals surface area contributed by atoms with Crippen molar-refractivity contribution < 1.29 is 46.7 Å². The van der Waals surface area contributed by atoms with Crippen LogP contribution in [0, 0.1) is 46.3 Å². The van der Waals surface area contributed by atoms with E-state index >= 15 is 0 Å². The predicted octanol–water partition coefficient (Wildman–Crippen LogP) is 4.04. The molecule has 0 bridgehead atoms. The fraction of sp³-hybridized carbons (Fsp3) is 0.857. The fourth-order valence-corrected chi connectivity index (χ4v) is 9.25. The molecule has 0 saturated heterocycles. The number of allylic oxidation sites excluding steroid dienone is 2. The van der Waals surface area contributed by atoms with Gasteiger partial charge in [0.25, 0.3) is 0 Å². The maximum Gasteiger partial charge on any atom is 1.00 e. The maximum absolute atomic E-state index is 11.1. The minimum atomic E-state index is -4.64. The number of hydrogen-bond acceptors (Lipinski definition) is 4. The van der Waals surface area contributed by atoms with Crippen LogP contribution in [0.15, 0.2) is 23.8 Å². The van der Waals surface area contributed by atoms with Gasteiger partial charge in [-0.1, -0.05) is 58.4 Å². The average Bonchev–Trinajstić information content (AvgIpc) is 3.08. The van der Waals surface area contributed by atoms with Gasteiger partial charge in [-0.15, -0.1) is 0 Å².